The molecular formula is C34H33N4Pt-. The van der Waals surface area contributed by atoms with Crippen LogP contribution in [0.25, 0.3) is 45.4 Å². The van der Waals surface area contributed by atoms with E-state index in [0.29, 0.717) is 17.5 Å². The van der Waals surface area contributed by atoms with Crippen LogP contribution in [0.3, 0.4) is 0 Å². The van der Waals surface area contributed by atoms with Crippen LogP contribution in [-0.2, 0) is 31.9 Å². The van der Waals surface area contributed by atoms with Crippen molar-refractivity contribution in [3.05, 3.63) is 108 Å². The first kappa shape index (κ1) is 28.5. The average molecular weight is 693 g/mol. The zero-order chi connectivity index (χ0) is 26.9. The summed E-state index contributed by atoms with van der Waals surface area (Å²) in [5.74, 6) is 1.89. The minimum absolute atomic E-state index is 0. The van der Waals surface area contributed by atoms with Gasteiger partial charge in [0.15, 0.2) is 17.5 Å². The molecule has 0 aliphatic rings. The zero-order valence-electron chi connectivity index (χ0n) is 23.3. The SMILES string of the molecule is CC(C)(C)c1ccc(-c2nc(-c3ccc(C(C)(C)C)cc3)nc(-c3ccc(-c4[c-]cccc4)nc3)n2)cc1.[Pt]. The van der Waals surface area contributed by atoms with Gasteiger partial charge >= 0.3 is 0 Å². The first-order valence-corrected chi connectivity index (χ1v) is 13.0. The maximum Gasteiger partial charge on any atom is 0.165 e. The Morgan fingerprint density at radius 2 is 1.00 bits per heavy atom. The second-order valence-corrected chi connectivity index (χ2v) is 11.7. The summed E-state index contributed by atoms with van der Waals surface area (Å²) in [6.07, 6.45) is 1.82. The summed E-state index contributed by atoms with van der Waals surface area (Å²) in [5.41, 5.74) is 7.26. The predicted octanol–water partition coefficient (Wildman–Crippen LogP) is 8.33. The molecule has 0 saturated carbocycles. The van der Waals surface area contributed by atoms with Crippen LogP contribution in [0.2, 0.25) is 0 Å². The van der Waals surface area contributed by atoms with Gasteiger partial charge in [0, 0.05) is 44.0 Å². The molecule has 0 unspecified atom stereocenters. The predicted molar refractivity (Wildman–Crippen MR) is 156 cm³/mol. The molecule has 2 aromatic heterocycles. The Labute approximate surface area is 246 Å². The van der Waals surface area contributed by atoms with E-state index in [4.69, 9.17) is 15.0 Å². The molecule has 5 heteroatoms. The molecule has 5 aromatic rings. The average Bonchev–Trinajstić information content (AvgIpc) is 2.92. The molecule has 0 fully saturated rings. The van der Waals surface area contributed by atoms with Crippen LogP contribution in [-0.4, -0.2) is 19.9 Å². The zero-order valence-corrected chi connectivity index (χ0v) is 25.5. The number of rotatable bonds is 4. The topological polar surface area (TPSA) is 51.6 Å². The molecule has 0 spiro atoms. The summed E-state index contributed by atoms with van der Waals surface area (Å²) >= 11 is 0. The molecule has 0 bridgehead atoms. The van der Waals surface area contributed by atoms with Gasteiger partial charge in [0.2, 0.25) is 0 Å². The van der Waals surface area contributed by atoms with E-state index in [9.17, 15) is 0 Å². The van der Waals surface area contributed by atoms with Crippen molar-refractivity contribution >= 4 is 0 Å². The number of benzene rings is 3. The van der Waals surface area contributed by atoms with Gasteiger partial charge in [0.05, 0.1) is 0 Å². The monoisotopic (exact) mass is 692 g/mol. The smallest absolute Gasteiger partial charge is 0.165 e. The summed E-state index contributed by atoms with van der Waals surface area (Å²) in [4.78, 5) is 19.3. The van der Waals surface area contributed by atoms with Crippen LogP contribution in [0.4, 0.5) is 0 Å². The first-order valence-electron chi connectivity index (χ1n) is 13.0. The first-order chi connectivity index (χ1) is 18.1. The van der Waals surface area contributed by atoms with E-state index in [1.165, 1.54) is 11.1 Å². The fourth-order valence-electron chi connectivity index (χ4n) is 4.24. The van der Waals surface area contributed by atoms with Gasteiger partial charge < -0.3 is 4.98 Å². The van der Waals surface area contributed by atoms with E-state index in [-0.39, 0.29) is 31.9 Å². The Kier molecular flexibility index (Phi) is 8.28. The van der Waals surface area contributed by atoms with Gasteiger partial charge in [-0.2, -0.15) is 0 Å². The molecule has 0 radical (unpaired) electrons. The van der Waals surface area contributed by atoms with Crippen molar-refractivity contribution in [1.82, 2.24) is 19.9 Å². The van der Waals surface area contributed by atoms with E-state index in [1.54, 1.807) is 0 Å². The Morgan fingerprint density at radius 1 is 0.538 bits per heavy atom. The van der Waals surface area contributed by atoms with Gasteiger partial charge in [0.1, 0.15) is 0 Å². The fourth-order valence-corrected chi connectivity index (χ4v) is 4.24. The van der Waals surface area contributed by atoms with Crippen LogP contribution < -0.4 is 0 Å². The summed E-state index contributed by atoms with van der Waals surface area (Å²) in [7, 11) is 0. The molecule has 39 heavy (non-hydrogen) atoms. The van der Waals surface area contributed by atoms with Gasteiger partial charge in [-0.1, -0.05) is 102 Å². The fraction of sp³-hybridized carbons (Fsp3) is 0.235. The van der Waals surface area contributed by atoms with E-state index in [0.717, 1.165) is 27.9 Å². The molecule has 0 amide bonds. The van der Waals surface area contributed by atoms with E-state index >= 15 is 0 Å². The van der Waals surface area contributed by atoms with Crippen LogP contribution in [0, 0.1) is 6.07 Å². The van der Waals surface area contributed by atoms with Crippen molar-refractivity contribution in [2.24, 2.45) is 0 Å². The van der Waals surface area contributed by atoms with E-state index < -0.39 is 0 Å². The Morgan fingerprint density at radius 3 is 1.38 bits per heavy atom. The third kappa shape index (κ3) is 6.57. The van der Waals surface area contributed by atoms with Gasteiger partial charge in [-0.15, -0.1) is 35.9 Å². The number of nitrogens with zero attached hydrogens (tertiary/aromatic N) is 4. The Hall–Kier alpha value is -3.49. The third-order valence-electron chi connectivity index (χ3n) is 6.66. The van der Waals surface area contributed by atoms with Crippen molar-refractivity contribution in [1.29, 1.82) is 0 Å². The summed E-state index contributed by atoms with van der Waals surface area (Å²) < 4.78 is 0. The van der Waals surface area contributed by atoms with Gasteiger partial charge in [-0.05, 0) is 27.7 Å². The standard InChI is InChI=1S/C34H33N4.Pt/c1-33(2,3)27-17-12-24(13-18-27)30-36-31(25-14-19-28(20-15-25)34(4,5)6)38-32(37-30)26-16-21-29(35-22-26)23-10-8-7-9-11-23;/h7-10,12-22H,1-6H3;/q-1;. The largest absolute Gasteiger partial charge is 0.304 e. The number of aromatic nitrogens is 4. The molecule has 0 N–H and O–H groups in total. The molecular weight excluding hydrogens is 659 g/mol. The molecule has 0 aliphatic carbocycles. The second kappa shape index (κ2) is 11.3. The van der Waals surface area contributed by atoms with Crippen LogP contribution in [0.15, 0.2) is 91.1 Å². The van der Waals surface area contributed by atoms with Crippen molar-refractivity contribution in [2.45, 2.75) is 52.4 Å². The van der Waals surface area contributed by atoms with E-state index in [2.05, 4.69) is 101 Å². The molecule has 2 heterocycles. The van der Waals surface area contributed by atoms with Gasteiger partial charge in [0.25, 0.3) is 0 Å². The van der Waals surface area contributed by atoms with Crippen LogP contribution in [0.5, 0.6) is 0 Å². The molecule has 5 rings (SSSR count). The molecule has 200 valence electrons. The van der Waals surface area contributed by atoms with Crippen molar-refractivity contribution in [3.8, 4) is 45.4 Å². The Bertz CT molecular complexity index is 1450. The third-order valence-corrected chi connectivity index (χ3v) is 6.66. The number of hydrogen-bond donors (Lipinski definition) is 0. The van der Waals surface area contributed by atoms with Gasteiger partial charge in [-0.25, -0.2) is 15.0 Å². The van der Waals surface area contributed by atoms with Gasteiger partial charge in [-0.3, -0.25) is 0 Å². The van der Waals surface area contributed by atoms with E-state index in [1.807, 2.05) is 42.6 Å². The van der Waals surface area contributed by atoms with Crippen LogP contribution >= 0.6 is 0 Å². The van der Waals surface area contributed by atoms with Crippen molar-refractivity contribution in [3.63, 3.8) is 0 Å². The summed E-state index contributed by atoms with van der Waals surface area (Å²) in [6.45, 7) is 13.3. The maximum atomic E-state index is 4.90. The molecule has 0 saturated heterocycles. The molecule has 0 aliphatic heterocycles. The molecule has 4 nitrogen and oxygen atoms in total. The maximum absolute atomic E-state index is 4.90. The number of hydrogen-bond acceptors (Lipinski definition) is 4. The minimum atomic E-state index is 0. The van der Waals surface area contributed by atoms with Crippen molar-refractivity contribution < 1.29 is 21.1 Å². The minimum Gasteiger partial charge on any atom is -0.304 e. The second-order valence-electron chi connectivity index (χ2n) is 11.7. The summed E-state index contributed by atoms with van der Waals surface area (Å²) in [5, 5.41) is 0. The quantitative estimate of drug-likeness (QED) is 0.178. The Balaban J connectivity index is 0.00000353. The van der Waals surface area contributed by atoms with Crippen molar-refractivity contribution in [2.75, 3.05) is 0 Å². The number of pyridine rings is 1. The normalized spacial score (nSPS) is 11.6. The summed E-state index contributed by atoms with van der Waals surface area (Å²) in [6, 6.07) is 32.1. The molecule has 0 atom stereocenters. The molecule has 3 aromatic carbocycles. The van der Waals surface area contributed by atoms with Crippen LogP contribution in [0.1, 0.15) is 52.7 Å².